The molecule has 0 bridgehead atoms. The van der Waals surface area contributed by atoms with Crippen molar-refractivity contribution >= 4 is 0 Å². The third-order valence-electron chi connectivity index (χ3n) is 2.33. The van der Waals surface area contributed by atoms with Gasteiger partial charge in [0, 0.05) is 7.11 Å². The molecule has 2 nitrogen and oxygen atoms in total. The Morgan fingerprint density at radius 1 is 1.27 bits per heavy atom. The summed E-state index contributed by atoms with van der Waals surface area (Å²) in [4.78, 5) is 0. The second-order valence-electron chi connectivity index (χ2n) is 3.76. The standard InChI is InChI=1S/C13H25NO/c1-3-4-5-6-7-9-13(12-15-2)10-8-11-14/h3,9H,1,4-8,10-12,14H2,2H3/b13-9+. The van der Waals surface area contributed by atoms with Crippen LogP contribution < -0.4 is 5.73 Å². The second kappa shape index (κ2) is 11.5. The van der Waals surface area contributed by atoms with Crippen LogP contribution in [0.4, 0.5) is 0 Å². The molecule has 0 aliphatic rings. The van der Waals surface area contributed by atoms with E-state index in [1.807, 2.05) is 6.08 Å². The van der Waals surface area contributed by atoms with Gasteiger partial charge in [-0.15, -0.1) is 6.58 Å². The van der Waals surface area contributed by atoms with Crippen molar-refractivity contribution in [1.82, 2.24) is 0 Å². The molecule has 0 spiro atoms. The quantitative estimate of drug-likeness (QED) is 0.445. The van der Waals surface area contributed by atoms with Crippen LogP contribution >= 0.6 is 0 Å². The van der Waals surface area contributed by atoms with E-state index in [9.17, 15) is 0 Å². The fourth-order valence-corrected chi connectivity index (χ4v) is 1.49. The van der Waals surface area contributed by atoms with Crippen molar-refractivity contribution in [3.8, 4) is 0 Å². The van der Waals surface area contributed by atoms with Crippen LogP contribution in [0, 0.1) is 0 Å². The summed E-state index contributed by atoms with van der Waals surface area (Å²) in [6.07, 6.45) is 11.2. The highest BCUT2D eigenvalue weighted by molar-refractivity contribution is 5.02. The normalized spacial score (nSPS) is 11.7. The fraction of sp³-hybridized carbons (Fsp3) is 0.692. The van der Waals surface area contributed by atoms with Crippen LogP contribution in [0.5, 0.6) is 0 Å². The summed E-state index contributed by atoms with van der Waals surface area (Å²) in [6, 6.07) is 0. The van der Waals surface area contributed by atoms with Gasteiger partial charge in [-0.25, -0.2) is 0 Å². The van der Waals surface area contributed by atoms with Crippen molar-refractivity contribution in [2.45, 2.75) is 38.5 Å². The first-order valence-corrected chi connectivity index (χ1v) is 5.83. The van der Waals surface area contributed by atoms with Gasteiger partial charge < -0.3 is 10.5 Å². The highest BCUT2D eigenvalue weighted by Crippen LogP contribution is 2.09. The number of allylic oxidation sites excluding steroid dienone is 2. The molecule has 0 heterocycles. The van der Waals surface area contributed by atoms with Crippen LogP contribution in [0.25, 0.3) is 0 Å². The van der Waals surface area contributed by atoms with E-state index in [0.717, 1.165) is 38.8 Å². The first-order chi connectivity index (χ1) is 7.35. The number of rotatable bonds is 10. The van der Waals surface area contributed by atoms with Gasteiger partial charge in [0.05, 0.1) is 6.61 Å². The minimum atomic E-state index is 0.751. The van der Waals surface area contributed by atoms with E-state index >= 15 is 0 Å². The Balaban J connectivity index is 3.67. The Morgan fingerprint density at radius 3 is 2.60 bits per heavy atom. The lowest BCUT2D eigenvalue weighted by molar-refractivity contribution is 0.222. The Labute approximate surface area is 94.2 Å². The monoisotopic (exact) mass is 211 g/mol. The largest absolute Gasteiger partial charge is 0.380 e. The molecule has 2 N–H and O–H groups in total. The van der Waals surface area contributed by atoms with Gasteiger partial charge in [-0.2, -0.15) is 0 Å². The zero-order valence-corrected chi connectivity index (χ0v) is 10.0. The lowest BCUT2D eigenvalue weighted by Gasteiger charge is -2.05. The first-order valence-electron chi connectivity index (χ1n) is 5.83. The van der Waals surface area contributed by atoms with E-state index < -0.39 is 0 Å². The number of hydrogen-bond acceptors (Lipinski definition) is 2. The van der Waals surface area contributed by atoms with Crippen molar-refractivity contribution in [2.75, 3.05) is 20.3 Å². The molecule has 2 heteroatoms. The fourth-order valence-electron chi connectivity index (χ4n) is 1.49. The number of methoxy groups -OCH3 is 1. The van der Waals surface area contributed by atoms with Gasteiger partial charge in [0.25, 0.3) is 0 Å². The molecular weight excluding hydrogens is 186 g/mol. The maximum atomic E-state index is 5.49. The Kier molecular flexibility index (Phi) is 11.0. The molecule has 0 atom stereocenters. The molecule has 0 aliphatic heterocycles. The van der Waals surface area contributed by atoms with Gasteiger partial charge in [-0.05, 0) is 50.6 Å². The molecule has 0 rings (SSSR count). The molecule has 15 heavy (non-hydrogen) atoms. The Morgan fingerprint density at radius 2 is 2.00 bits per heavy atom. The molecule has 0 aromatic carbocycles. The Bertz CT molecular complexity index is 175. The topological polar surface area (TPSA) is 35.2 Å². The summed E-state index contributed by atoms with van der Waals surface area (Å²) in [5.74, 6) is 0. The maximum Gasteiger partial charge on any atom is 0.0673 e. The van der Waals surface area contributed by atoms with Crippen molar-refractivity contribution in [2.24, 2.45) is 5.73 Å². The van der Waals surface area contributed by atoms with Crippen LogP contribution in [-0.4, -0.2) is 20.3 Å². The van der Waals surface area contributed by atoms with Crippen LogP contribution in [0.3, 0.4) is 0 Å². The number of nitrogens with two attached hydrogens (primary N) is 1. The molecule has 0 saturated heterocycles. The minimum absolute atomic E-state index is 0.751. The van der Waals surface area contributed by atoms with E-state index in [2.05, 4.69) is 12.7 Å². The molecule has 0 aromatic rings. The maximum absolute atomic E-state index is 5.49. The van der Waals surface area contributed by atoms with E-state index in [1.165, 1.54) is 18.4 Å². The van der Waals surface area contributed by atoms with E-state index in [1.54, 1.807) is 7.11 Å². The molecule has 0 amide bonds. The molecule has 0 aliphatic carbocycles. The summed E-state index contributed by atoms with van der Waals surface area (Å²) in [5, 5.41) is 0. The summed E-state index contributed by atoms with van der Waals surface area (Å²) in [5.41, 5.74) is 6.88. The van der Waals surface area contributed by atoms with Gasteiger partial charge in [0.2, 0.25) is 0 Å². The summed E-state index contributed by atoms with van der Waals surface area (Å²) in [7, 11) is 1.74. The number of ether oxygens (including phenoxy) is 1. The van der Waals surface area contributed by atoms with Crippen molar-refractivity contribution in [3.05, 3.63) is 24.3 Å². The van der Waals surface area contributed by atoms with Crippen LogP contribution in [0.2, 0.25) is 0 Å². The minimum Gasteiger partial charge on any atom is -0.380 e. The predicted molar refractivity (Wildman–Crippen MR) is 66.9 cm³/mol. The summed E-state index contributed by atoms with van der Waals surface area (Å²) >= 11 is 0. The lowest BCUT2D eigenvalue weighted by atomic mass is 10.1. The van der Waals surface area contributed by atoms with Crippen LogP contribution in [-0.2, 0) is 4.74 Å². The van der Waals surface area contributed by atoms with E-state index in [-0.39, 0.29) is 0 Å². The zero-order valence-electron chi connectivity index (χ0n) is 10.0. The number of unbranched alkanes of at least 4 members (excludes halogenated alkanes) is 3. The smallest absolute Gasteiger partial charge is 0.0673 e. The van der Waals surface area contributed by atoms with E-state index in [4.69, 9.17) is 10.5 Å². The number of hydrogen-bond donors (Lipinski definition) is 1. The lowest BCUT2D eigenvalue weighted by Crippen LogP contribution is -2.02. The predicted octanol–water partition coefficient (Wildman–Crippen LogP) is 3.04. The second-order valence-corrected chi connectivity index (χ2v) is 3.76. The van der Waals surface area contributed by atoms with E-state index in [0.29, 0.717) is 0 Å². The van der Waals surface area contributed by atoms with Crippen molar-refractivity contribution in [3.63, 3.8) is 0 Å². The average molecular weight is 211 g/mol. The van der Waals surface area contributed by atoms with Gasteiger partial charge in [-0.1, -0.05) is 12.2 Å². The summed E-state index contributed by atoms with van der Waals surface area (Å²) in [6.45, 7) is 5.23. The van der Waals surface area contributed by atoms with Gasteiger partial charge in [-0.3, -0.25) is 0 Å². The van der Waals surface area contributed by atoms with Crippen LogP contribution in [0.1, 0.15) is 38.5 Å². The third-order valence-corrected chi connectivity index (χ3v) is 2.33. The molecule has 0 aromatic heterocycles. The molecule has 0 fully saturated rings. The third kappa shape index (κ3) is 9.70. The Hall–Kier alpha value is -0.600. The van der Waals surface area contributed by atoms with Crippen molar-refractivity contribution in [1.29, 1.82) is 0 Å². The molecule has 88 valence electrons. The van der Waals surface area contributed by atoms with Crippen LogP contribution in [0.15, 0.2) is 24.3 Å². The highest BCUT2D eigenvalue weighted by Gasteiger charge is 1.96. The van der Waals surface area contributed by atoms with Gasteiger partial charge in [0.1, 0.15) is 0 Å². The highest BCUT2D eigenvalue weighted by atomic mass is 16.5. The first kappa shape index (κ1) is 14.4. The molecule has 0 unspecified atom stereocenters. The molecule has 0 radical (unpaired) electrons. The van der Waals surface area contributed by atoms with Gasteiger partial charge >= 0.3 is 0 Å². The SMILES string of the molecule is C=CCCCC/C=C(\CCCN)COC. The van der Waals surface area contributed by atoms with Gasteiger partial charge in [0.15, 0.2) is 0 Å². The zero-order chi connectivity index (χ0) is 11.4. The molecular formula is C13H25NO. The summed E-state index contributed by atoms with van der Waals surface area (Å²) < 4.78 is 5.15. The van der Waals surface area contributed by atoms with Crippen molar-refractivity contribution < 1.29 is 4.74 Å². The molecule has 0 saturated carbocycles. The average Bonchev–Trinajstić information content (AvgIpc) is 2.25.